The van der Waals surface area contributed by atoms with Gasteiger partial charge in [0.05, 0.1) is 5.69 Å². The van der Waals surface area contributed by atoms with Gasteiger partial charge < -0.3 is 0 Å². The molecule has 1 N–H and O–H groups in total. The van der Waals surface area contributed by atoms with Gasteiger partial charge in [-0.05, 0) is 25.1 Å². The van der Waals surface area contributed by atoms with E-state index in [2.05, 4.69) is 9.71 Å². The van der Waals surface area contributed by atoms with E-state index in [1.807, 2.05) is 0 Å². The Morgan fingerprint density at radius 1 is 1.40 bits per heavy atom. The van der Waals surface area contributed by atoms with Crippen LogP contribution in [0.3, 0.4) is 0 Å². The molecule has 7 heteroatoms. The molecule has 1 heterocycles. The van der Waals surface area contributed by atoms with Crippen LogP contribution in [0, 0.1) is 0 Å². The molecule has 0 unspecified atom stereocenters. The Labute approximate surface area is 115 Å². The Kier molecular flexibility index (Phi) is 3.84. The summed E-state index contributed by atoms with van der Waals surface area (Å²) in [5.74, 6) is 0.361. The van der Waals surface area contributed by atoms with Crippen molar-refractivity contribution in [1.82, 2.24) is 4.72 Å². The Morgan fingerprint density at radius 3 is 2.73 bits per heavy atom. The number of aliphatic imine (C=N–C) groups is 1. The summed E-state index contributed by atoms with van der Waals surface area (Å²) in [6, 6.07) is 4.58. The number of nitrogens with zero attached hydrogens (tertiary/aromatic N) is 1. The minimum absolute atomic E-state index is 0. The number of hydrogen-bond acceptors (Lipinski definition) is 3. The summed E-state index contributed by atoms with van der Waals surface area (Å²) in [6.07, 6.45) is 0. The minimum atomic E-state index is -3.48. The molecule has 1 aromatic carbocycles. The van der Waals surface area contributed by atoms with Gasteiger partial charge in [0.2, 0.25) is 0 Å². The van der Waals surface area contributed by atoms with E-state index in [4.69, 9.17) is 11.6 Å². The number of benzene rings is 1. The van der Waals surface area contributed by atoms with Crippen LogP contribution in [-0.4, -0.2) is 43.8 Å². The number of fused-ring (bicyclic) bond motifs is 1. The van der Waals surface area contributed by atoms with Gasteiger partial charge in [0.15, 0.2) is 0 Å². The van der Waals surface area contributed by atoms with Gasteiger partial charge in [0.25, 0.3) is 10.0 Å². The molecule has 1 aromatic rings. The molecular weight excluding hydrogens is 247 g/mol. The Hall–Kier alpha value is -0.0700. The molecule has 1 aliphatic heterocycles. The molecule has 0 amide bonds. The zero-order valence-electron chi connectivity index (χ0n) is 7.28. The first-order valence-corrected chi connectivity index (χ1v) is 5.73. The van der Waals surface area contributed by atoms with Gasteiger partial charge in [-0.2, -0.15) is 0 Å². The Balaban J connectivity index is 0.00000112. The summed E-state index contributed by atoms with van der Waals surface area (Å²) in [6.45, 7) is 1.59. The fourth-order valence-corrected chi connectivity index (χ4v) is 2.70. The quantitative estimate of drug-likeness (QED) is 0.703. The molecule has 0 saturated heterocycles. The van der Waals surface area contributed by atoms with Crippen LogP contribution in [0.4, 0.5) is 5.69 Å². The normalized spacial score (nSPS) is 16.8. The van der Waals surface area contributed by atoms with Gasteiger partial charge in [-0.15, -0.1) is 0 Å². The van der Waals surface area contributed by atoms with E-state index in [0.717, 1.165) is 0 Å². The van der Waals surface area contributed by atoms with Crippen LogP contribution < -0.4 is 4.72 Å². The molecular formula is C8H8ClN2NaO2S. The standard InChI is InChI=1S/C8H7ClN2O2S.Na.H/c1-5-10-7-3-2-6(9)4-8(7)14(12,13)11-5;;/h2-4H,1H3,(H,10,11);;. The van der Waals surface area contributed by atoms with Crippen LogP contribution in [0.5, 0.6) is 0 Å². The summed E-state index contributed by atoms with van der Waals surface area (Å²) in [7, 11) is -3.48. The van der Waals surface area contributed by atoms with E-state index in [1.54, 1.807) is 19.1 Å². The number of rotatable bonds is 0. The number of halogens is 1. The van der Waals surface area contributed by atoms with Gasteiger partial charge >= 0.3 is 29.6 Å². The number of nitrogens with one attached hydrogen (secondary N) is 1. The molecule has 76 valence electrons. The van der Waals surface area contributed by atoms with Crippen LogP contribution >= 0.6 is 11.6 Å². The fraction of sp³-hybridized carbons (Fsp3) is 0.125. The molecule has 0 fully saturated rings. The molecule has 0 bridgehead atoms. The number of hydrogen-bond donors (Lipinski definition) is 1. The topological polar surface area (TPSA) is 58.5 Å². The van der Waals surface area contributed by atoms with Gasteiger partial charge in [0, 0.05) is 5.02 Å². The van der Waals surface area contributed by atoms with Gasteiger partial charge in [0.1, 0.15) is 10.7 Å². The van der Waals surface area contributed by atoms with E-state index in [-0.39, 0.29) is 34.5 Å². The maximum absolute atomic E-state index is 11.6. The summed E-state index contributed by atoms with van der Waals surface area (Å²) in [5, 5.41) is 0.379. The van der Waals surface area contributed by atoms with Crippen molar-refractivity contribution in [2.45, 2.75) is 11.8 Å². The Morgan fingerprint density at radius 2 is 2.07 bits per heavy atom. The number of amidine groups is 1. The molecule has 0 radical (unpaired) electrons. The molecule has 1 aliphatic rings. The van der Waals surface area contributed by atoms with Crippen molar-refractivity contribution in [1.29, 1.82) is 0 Å². The molecule has 0 aliphatic carbocycles. The Bertz CT molecular complexity index is 527. The second kappa shape index (κ2) is 4.43. The van der Waals surface area contributed by atoms with Crippen LogP contribution in [0.25, 0.3) is 0 Å². The molecule has 15 heavy (non-hydrogen) atoms. The molecule has 0 atom stereocenters. The summed E-state index contributed by atoms with van der Waals surface area (Å²) in [4.78, 5) is 4.17. The summed E-state index contributed by atoms with van der Waals surface area (Å²) >= 11 is 5.70. The van der Waals surface area contributed by atoms with Crippen LogP contribution in [0.1, 0.15) is 6.92 Å². The first kappa shape index (κ1) is 13.0. The summed E-state index contributed by atoms with van der Waals surface area (Å²) < 4.78 is 25.5. The second-order valence-electron chi connectivity index (χ2n) is 2.91. The molecule has 4 nitrogen and oxygen atoms in total. The zero-order valence-corrected chi connectivity index (χ0v) is 8.85. The zero-order chi connectivity index (χ0) is 10.3. The van der Waals surface area contributed by atoms with Gasteiger partial charge in [-0.1, -0.05) is 11.6 Å². The molecule has 0 aromatic heterocycles. The third kappa shape index (κ3) is 2.54. The van der Waals surface area contributed by atoms with Gasteiger partial charge in [-0.3, -0.25) is 4.72 Å². The predicted octanol–water partition coefficient (Wildman–Crippen LogP) is 1.03. The second-order valence-corrected chi connectivity index (χ2v) is 5.00. The first-order chi connectivity index (χ1) is 6.49. The monoisotopic (exact) mass is 254 g/mol. The average Bonchev–Trinajstić information content (AvgIpc) is 2.05. The molecule has 2 rings (SSSR count). The fourth-order valence-electron chi connectivity index (χ4n) is 1.25. The van der Waals surface area contributed by atoms with E-state index < -0.39 is 10.0 Å². The van der Waals surface area contributed by atoms with Crippen LogP contribution in [-0.2, 0) is 10.0 Å². The number of sulfonamides is 1. The van der Waals surface area contributed by atoms with Crippen molar-refractivity contribution in [3.63, 3.8) is 0 Å². The average molecular weight is 255 g/mol. The van der Waals surface area contributed by atoms with E-state index in [1.165, 1.54) is 6.07 Å². The first-order valence-electron chi connectivity index (χ1n) is 3.87. The predicted molar refractivity (Wildman–Crippen MR) is 61.7 cm³/mol. The van der Waals surface area contributed by atoms with Crippen LogP contribution in [0.2, 0.25) is 5.02 Å². The third-order valence-electron chi connectivity index (χ3n) is 1.78. The van der Waals surface area contributed by atoms with Crippen molar-refractivity contribution in [2.75, 3.05) is 0 Å². The SMILES string of the molecule is CC1=Nc2ccc(Cl)cc2S(=O)(=O)N1.[NaH]. The van der Waals surface area contributed by atoms with Crippen LogP contribution in [0.15, 0.2) is 28.1 Å². The summed E-state index contributed by atoms with van der Waals surface area (Å²) in [5.41, 5.74) is 0.422. The molecule has 0 saturated carbocycles. The van der Waals surface area contributed by atoms with E-state index >= 15 is 0 Å². The van der Waals surface area contributed by atoms with Crippen molar-refractivity contribution in [3.05, 3.63) is 23.2 Å². The van der Waals surface area contributed by atoms with Crippen molar-refractivity contribution < 1.29 is 8.42 Å². The maximum atomic E-state index is 11.6. The van der Waals surface area contributed by atoms with E-state index in [9.17, 15) is 8.42 Å². The van der Waals surface area contributed by atoms with Crippen molar-refractivity contribution in [3.8, 4) is 0 Å². The van der Waals surface area contributed by atoms with Crippen molar-refractivity contribution in [2.24, 2.45) is 4.99 Å². The van der Waals surface area contributed by atoms with E-state index in [0.29, 0.717) is 16.5 Å². The van der Waals surface area contributed by atoms with Gasteiger partial charge in [-0.25, -0.2) is 13.4 Å². The van der Waals surface area contributed by atoms with Crippen molar-refractivity contribution >= 4 is 62.7 Å². The molecule has 0 spiro atoms. The third-order valence-corrected chi connectivity index (χ3v) is 3.49.